The molecular formula is C17H17ClN4O. The molecule has 0 amide bonds. The second kappa shape index (κ2) is 5.20. The van der Waals surface area contributed by atoms with Gasteiger partial charge < -0.3 is 5.32 Å². The maximum absolute atomic E-state index is 12.7. The molecule has 1 aromatic carbocycles. The molecule has 0 bridgehead atoms. The van der Waals surface area contributed by atoms with Gasteiger partial charge >= 0.3 is 0 Å². The smallest absolute Gasteiger partial charge is 0.226 e. The number of hydrogen-bond acceptors (Lipinski definition) is 4. The normalized spacial score (nSPS) is 23.3. The molecule has 0 fully saturated rings. The van der Waals surface area contributed by atoms with Crippen LogP contribution < -0.4 is 5.32 Å². The monoisotopic (exact) mass is 328 g/mol. The predicted octanol–water partition coefficient (Wildman–Crippen LogP) is 3.51. The van der Waals surface area contributed by atoms with Gasteiger partial charge in [-0.25, -0.2) is 4.68 Å². The summed E-state index contributed by atoms with van der Waals surface area (Å²) < 4.78 is 1.81. The molecule has 0 unspecified atom stereocenters. The Morgan fingerprint density at radius 3 is 2.74 bits per heavy atom. The van der Waals surface area contributed by atoms with Crippen LogP contribution in [0.2, 0.25) is 5.02 Å². The zero-order valence-corrected chi connectivity index (χ0v) is 13.8. The summed E-state index contributed by atoms with van der Waals surface area (Å²) in [5.41, 5.74) is 2.79. The van der Waals surface area contributed by atoms with Gasteiger partial charge in [-0.2, -0.15) is 10.1 Å². The number of aromatic nitrogens is 3. The molecule has 1 aliphatic heterocycles. The number of carbonyl (C=O) groups is 1. The Kier molecular flexibility index (Phi) is 3.27. The molecule has 2 heterocycles. The first-order chi connectivity index (χ1) is 11.0. The summed E-state index contributed by atoms with van der Waals surface area (Å²) in [6.07, 6.45) is 1.44. The van der Waals surface area contributed by atoms with Gasteiger partial charge in [-0.1, -0.05) is 30.7 Å². The summed E-state index contributed by atoms with van der Waals surface area (Å²) in [5.74, 6) is 1.91. The minimum absolute atomic E-state index is 0.185. The highest BCUT2D eigenvalue weighted by molar-refractivity contribution is 6.30. The van der Waals surface area contributed by atoms with Crippen LogP contribution in [0, 0.1) is 12.8 Å². The van der Waals surface area contributed by atoms with E-state index in [1.54, 1.807) is 0 Å². The number of rotatable bonds is 1. The summed E-state index contributed by atoms with van der Waals surface area (Å²) in [4.78, 5) is 17.2. The fourth-order valence-electron chi connectivity index (χ4n) is 3.47. The molecule has 2 aromatic rings. The molecule has 4 rings (SSSR count). The molecule has 0 saturated heterocycles. The maximum Gasteiger partial charge on any atom is 0.226 e. The number of benzene rings is 1. The SMILES string of the molecule is Cc1nc2n(n1)[C@@H](c1ccc(Cl)cc1)C1=C(C[C@H](C)CC1=O)N2. The second-order valence-electron chi connectivity index (χ2n) is 6.34. The van der Waals surface area contributed by atoms with Crippen LogP contribution in [0.4, 0.5) is 5.95 Å². The molecular weight excluding hydrogens is 312 g/mol. The number of Topliss-reactive ketones (excluding diaryl/α,β-unsaturated/α-hetero) is 1. The van der Waals surface area contributed by atoms with E-state index in [4.69, 9.17) is 11.6 Å². The topological polar surface area (TPSA) is 59.8 Å². The number of allylic oxidation sites excluding steroid dienone is 2. The van der Waals surface area contributed by atoms with Crippen LogP contribution in [0.25, 0.3) is 0 Å². The number of halogens is 1. The third kappa shape index (κ3) is 2.36. The van der Waals surface area contributed by atoms with Crippen molar-refractivity contribution in [2.24, 2.45) is 5.92 Å². The lowest BCUT2D eigenvalue weighted by Gasteiger charge is -2.34. The molecule has 2 atom stereocenters. The Labute approximate surface area is 139 Å². The molecule has 118 valence electrons. The Bertz CT molecular complexity index is 822. The molecule has 1 N–H and O–H groups in total. The lowest BCUT2D eigenvalue weighted by atomic mass is 9.81. The highest BCUT2D eigenvalue weighted by Gasteiger charge is 2.38. The van der Waals surface area contributed by atoms with Gasteiger partial charge in [-0.05, 0) is 37.0 Å². The van der Waals surface area contributed by atoms with E-state index >= 15 is 0 Å². The molecule has 6 heteroatoms. The van der Waals surface area contributed by atoms with Crippen LogP contribution in [0.3, 0.4) is 0 Å². The van der Waals surface area contributed by atoms with Crippen molar-refractivity contribution < 1.29 is 4.79 Å². The van der Waals surface area contributed by atoms with Crippen molar-refractivity contribution in [3.8, 4) is 0 Å². The van der Waals surface area contributed by atoms with Gasteiger partial charge in [-0.15, -0.1) is 0 Å². The summed E-state index contributed by atoms with van der Waals surface area (Å²) in [7, 11) is 0. The molecule has 0 saturated carbocycles. The molecule has 1 aliphatic carbocycles. The van der Waals surface area contributed by atoms with Crippen LogP contribution in [0.15, 0.2) is 35.5 Å². The molecule has 23 heavy (non-hydrogen) atoms. The number of nitrogens with one attached hydrogen (secondary N) is 1. The number of aryl methyl sites for hydroxylation is 1. The molecule has 1 aromatic heterocycles. The summed E-state index contributed by atoms with van der Waals surface area (Å²) >= 11 is 6.01. The van der Waals surface area contributed by atoms with Crippen LogP contribution in [0.5, 0.6) is 0 Å². The molecule has 0 spiro atoms. The van der Waals surface area contributed by atoms with Crippen LogP contribution >= 0.6 is 11.6 Å². The van der Waals surface area contributed by atoms with Gasteiger partial charge in [0.25, 0.3) is 0 Å². The van der Waals surface area contributed by atoms with Crippen molar-refractivity contribution in [3.05, 3.63) is 51.9 Å². The second-order valence-corrected chi connectivity index (χ2v) is 6.77. The Balaban J connectivity index is 1.91. The van der Waals surface area contributed by atoms with E-state index in [2.05, 4.69) is 22.3 Å². The van der Waals surface area contributed by atoms with Crippen LogP contribution in [-0.2, 0) is 4.79 Å². The number of ketones is 1. The number of fused-ring (bicyclic) bond motifs is 1. The fourth-order valence-corrected chi connectivity index (χ4v) is 3.59. The maximum atomic E-state index is 12.7. The van der Waals surface area contributed by atoms with Crippen molar-refractivity contribution >= 4 is 23.3 Å². The first-order valence-electron chi connectivity index (χ1n) is 7.75. The lowest BCUT2D eigenvalue weighted by Crippen LogP contribution is -2.33. The van der Waals surface area contributed by atoms with Gasteiger partial charge in [0.1, 0.15) is 11.9 Å². The predicted molar refractivity (Wildman–Crippen MR) is 88.4 cm³/mol. The van der Waals surface area contributed by atoms with E-state index in [0.29, 0.717) is 29.1 Å². The van der Waals surface area contributed by atoms with Crippen molar-refractivity contribution in [2.45, 2.75) is 32.7 Å². The number of hydrogen-bond donors (Lipinski definition) is 1. The zero-order chi connectivity index (χ0) is 16.1. The van der Waals surface area contributed by atoms with Crippen molar-refractivity contribution in [1.29, 1.82) is 0 Å². The average molecular weight is 329 g/mol. The fraction of sp³-hybridized carbons (Fsp3) is 0.353. The third-order valence-electron chi connectivity index (χ3n) is 4.42. The molecule has 2 aliphatic rings. The average Bonchev–Trinajstić information content (AvgIpc) is 2.85. The highest BCUT2D eigenvalue weighted by atomic mass is 35.5. The minimum Gasteiger partial charge on any atom is -0.328 e. The molecule has 5 nitrogen and oxygen atoms in total. The van der Waals surface area contributed by atoms with E-state index < -0.39 is 0 Å². The van der Waals surface area contributed by atoms with Gasteiger partial charge in [0.05, 0.1) is 0 Å². The molecule has 0 radical (unpaired) electrons. The summed E-state index contributed by atoms with van der Waals surface area (Å²) in [5, 5.41) is 8.49. The van der Waals surface area contributed by atoms with Crippen molar-refractivity contribution in [1.82, 2.24) is 14.8 Å². The number of nitrogens with zero attached hydrogens (tertiary/aromatic N) is 3. The van der Waals surface area contributed by atoms with E-state index in [1.807, 2.05) is 35.9 Å². The Morgan fingerprint density at radius 1 is 1.26 bits per heavy atom. The number of carbonyl (C=O) groups excluding carboxylic acids is 1. The quantitative estimate of drug-likeness (QED) is 0.870. The highest BCUT2D eigenvalue weighted by Crippen LogP contribution is 2.41. The van der Waals surface area contributed by atoms with Gasteiger partial charge in [0, 0.05) is 22.7 Å². The van der Waals surface area contributed by atoms with E-state index in [9.17, 15) is 4.79 Å². The van der Waals surface area contributed by atoms with E-state index in [1.165, 1.54) is 0 Å². The van der Waals surface area contributed by atoms with Gasteiger partial charge in [0.15, 0.2) is 5.78 Å². The Morgan fingerprint density at radius 2 is 2.00 bits per heavy atom. The standard InChI is InChI=1S/C17H17ClN4O/c1-9-7-13-15(14(23)8-9)16(11-3-5-12(18)6-4-11)22-17(20-13)19-10(2)21-22/h3-6,9,16H,7-8H2,1-2H3,(H,19,20,21)/t9-,16-/m0/s1. The van der Waals surface area contributed by atoms with E-state index in [0.717, 1.165) is 23.3 Å². The van der Waals surface area contributed by atoms with Gasteiger partial charge in [0.2, 0.25) is 5.95 Å². The first-order valence-corrected chi connectivity index (χ1v) is 8.12. The summed E-state index contributed by atoms with van der Waals surface area (Å²) in [6, 6.07) is 7.36. The van der Waals surface area contributed by atoms with Crippen LogP contribution in [0.1, 0.15) is 37.2 Å². The summed E-state index contributed by atoms with van der Waals surface area (Å²) in [6.45, 7) is 3.96. The number of anilines is 1. The van der Waals surface area contributed by atoms with Crippen LogP contribution in [-0.4, -0.2) is 20.5 Å². The zero-order valence-electron chi connectivity index (χ0n) is 13.0. The Hall–Kier alpha value is -2.14. The largest absolute Gasteiger partial charge is 0.328 e. The third-order valence-corrected chi connectivity index (χ3v) is 4.67. The first kappa shape index (κ1) is 14.5. The van der Waals surface area contributed by atoms with Crippen molar-refractivity contribution in [2.75, 3.05) is 5.32 Å². The lowest BCUT2D eigenvalue weighted by molar-refractivity contribution is -0.117. The van der Waals surface area contributed by atoms with Crippen molar-refractivity contribution in [3.63, 3.8) is 0 Å². The van der Waals surface area contributed by atoms with E-state index in [-0.39, 0.29) is 11.8 Å². The minimum atomic E-state index is -0.236. The van der Waals surface area contributed by atoms with Gasteiger partial charge in [-0.3, -0.25) is 4.79 Å².